The van der Waals surface area contributed by atoms with E-state index >= 15 is 0 Å². The Kier molecular flexibility index (Phi) is 3.58. The molecule has 0 N–H and O–H groups in total. The minimum Gasteiger partial charge on any atom is -0.281 e. The van der Waals surface area contributed by atoms with Gasteiger partial charge in [-0.2, -0.15) is 4.37 Å². The Hall–Kier alpha value is -1.33. The van der Waals surface area contributed by atoms with Crippen molar-refractivity contribution in [3.05, 3.63) is 30.9 Å². The molecule has 0 saturated carbocycles. The van der Waals surface area contributed by atoms with Gasteiger partial charge in [0, 0.05) is 17.7 Å². The number of nitrogens with zero attached hydrogens (tertiary/aromatic N) is 3. The Bertz CT molecular complexity index is 469. The number of aromatic nitrogens is 3. The van der Waals surface area contributed by atoms with Gasteiger partial charge < -0.3 is 0 Å². The molecule has 4 nitrogen and oxygen atoms in total. The third-order valence-electron chi connectivity index (χ3n) is 2.07. The SMILES string of the molecule is O=C(Cl)CC[n+]1ccc(-c2ncns2)cc1. The highest BCUT2D eigenvalue weighted by atomic mass is 35.5. The van der Waals surface area contributed by atoms with Crippen molar-refractivity contribution in [1.82, 2.24) is 9.36 Å². The summed E-state index contributed by atoms with van der Waals surface area (Å²) < 4.78 is 5.85. The summed E-state index contributed by atoms with van der Waals surface area (Å²) in [6.45, 7) is 0.596. The lowest BCUT2D eigenvalue weighted by Gasteiger charge is -1.95. The first-order chi connectivity index (χ1) is 7.75. The Balaban J connectivity index is 2.08. The van der Waals surface area contributed by atoms with Gasteiger partial charge in [0.1, 0.15) is 11.3 Å². The summed E-state index contributed by atoms with van der Waals surface area (Å²) in [5.74, 6) is 0. The molecule has 0 aromatic carbocycles. The molecular weight excluding hydrogens is 246 g/mol. The van der Waals surface area contributed by atoms with Crippen LogP contribution in [0.2, 0.25) is 0 Å². The first-order valence-corrected chi connectivity index (χ1v) is 5.85. The van der Waals surface area contributed by atoms with Crippen molar-refractivity contribution in [2.75, 3.05) is 0 Å². The number of rotatable bonds is 4. The lowest BCUT2D eigenvalue weighted by molar-refractivity contribution is -0.695. The molecule has 0 saturated heterocycles. The van der Waals surface area contributed by atoms with Gasteiger partial charge in [-0.05, 0) is 23.1 Å². The second-order valence-electron chi connectivity index (χ2n) is 3.18. The topological polar surface area (TPSA) is 46.7 Å². The minimum absolute atomic E-state index is 0.319. The van der Waals surface area contributed by atoms with Crippen LogP contribution in [-0.2, 0) is 11.3 Å². The van der Waals surface area contributed by atoms with E-state index in [0.29, 0.717) is 13.0 Å². The van der Waals surface area contributed by atoms with Crippen LogP contribution >= 0.6 is 23.1 Å². The zero-order valence-electron chi connectivity index (χ0n) is 8.34. The summed E-state index contributed by atoms with van der Waals surface area (Å²) in [7, 11) is 0. The van der Waals surface area contributed by atoms with Gasteiger partial charge in [-0.15, -0.1) is 0 Å². The molecule has 0 radical (unpaired) electrons. The Labute approximate surface area is 102 Å². The molecular formula is C10H9ClN3OS+. The van der Waals surface area contributed by atoms with Crippen molar-refractivity contribution >= 4 is 28.4 Å². The molecule has 82 valence electrons. The predicted octanol–water partition coefficient (Wildman–Crippen LogP) is 1.65. The van der Waals surface area contributed by atoms with Crippen molar-refractivity contribution < 1.29 is 9.36 Å². The number of hydrogen-bond acceptors (Lipinski definition) is 4. The normalized spacial score (nSPS) is 10.3. The van der Waals surface area contributed by atoms with Crippen LogP contribution in [0, 0.1) is 0 Å². The lowest BCUT2D eigenvalue weighted by Crippen LogP contribution is -2.33. The average molecular weight is 255 g/mol. The quantitative estimate of drug-likeness (QED) is 0.616. The van der Waals surface area contributed by atoms with Crippen LogP contribution in [0.25, 0.3) is 10.6 Å². The fraction of sp³-hybridized carbons (Fsp3) is 0.200. The van der Waals surface area contributed by atoms with E-state index < -0.39 is 0 Å². The molecule has 2 aromatic rings. The van der Waals surface area contributed by atoms with Gasteiger partial charge in [-0.25, -0.2) is 9.55 Å². The van der Waals surface area contributed by atoms with E-state index in [1.54, 1.807) is 0 Å². The Morgan fingerprint density at radius 3 is 2.75 bits per heavy atom. The molecule has 2 heterocycles. The summed E-state index contributed by atoms with van der Waals surface area (Å²) in [6.07, 6.45) is 5.67. The van der Waals surface area contributed by atoms with Crippen molar-refractivity contribution in [1.29, 1.82) is 0 Å². The van der Waals surface area contributed by atoms with Crippen LogP contribution in [0.4, 0.5) is 0 Å². The number of aryl methyl sites for hydroxylation is 1. The molecule has 0 aliphatic heterocycles. The summed E-state index contributed by atoms with van der Waals surface area (Å²) in [6, 6.07) is 3.89. The number of halogens is 1. The van der Waals surface area contributed by atoms with E-state index in [1.807, 2.05) is 29.1 Å². The zero-order valence-corrected chi connectivity index (χ0v) is 9.91. The number of carbonyl (C=O) groups is 1. The second kappa shape index (κ2) is 5.14. The maximum atomic E-state index is 10.6. The highest BCUT2D eigenvalue weighted by Gasteiger charge is 2.06. The maximum absolute atomic E-state index is 10.6. The van der Waals surface area contributed by atoms with E-state index in [4.69, 9.17) is 11.6 Å². The molecule has 0 spiro atoms. The third kappa shape index (κ3) is 2.84. The molecule has 2 aromatic heterocycles. The number of pyridine rings is 1. The number of carbonyl (C=O) groups excluding carboxylic acids is 1. The predicted molar refractivity (Wildman–Crippen MR) is 61.0 cm³/mol. The summed E-state index contributed by atoms with van der Waals surface area (Å²) >= 11 is 6.63. The van der Waals surface area contributed by atoms with Gasteiger partial charge in [-0.3, -0.25) is 4.79 Å². The van der Waals surface area contributed by atoms with Gasteiger partial charge in [-0.1, -0.05) is 0 Å². The van der Waals surface area contributed by atoms with Crippen molar-refractivity contribution in [2.45, 2.75) is 13.0 Å². The fourth-order valence-corrected chi connectivity index (χ4v) is 1.88. The van der Waals surface area contributed by atoms with Crippen LogP contribution in [0.1, 0.15) is 6.42 Å². The molecule has 0 unspecified atom stereocenters. The monoisotopic (exact) mass is 254 g/mol. The highest BCUT2D eigenvalue weighted by Crippen LogP contribution is 2.17. The van der Waals surface area contributed by atoms with Gasteiger partial charge in [0.2, 0.25) is 5.24 Å². The largest absolute Gasteiger partial charge is 0.281 e. The Morgan fingerprint density at radius 1 is 1.44 bits per heavy atom. The molecule has 6 heteroatoms. The smallest absolute Gasteiger partial charge is 0.227 e. The summed E-state index contributed by atoms with van der Waals surface area (Å²) in [5, 5.41) is 0.571. The lowest BCUT2D eigenvalue weighted by atomic mass is 10.3. The van der Waals surface area contributed by atoms with E-state index in [1.165, 1.54) is 17.9 Å². The highest BCUT2D eigenvalue weighted by molar-refractivity contribution is 7.09. The molecule has 0 fully saturated rings. The van der Waals surface area contributed by atoms with Crippen LogP contribution in [-0.4, -0.2) is 14.6 Å². The van der Waals surface area contributed by atoms with E-state index in [0.717, 1.165) is 10.6 Å². The molecule has 16 heavy (non-hydrogen) atoms. The van der Waals surface area contributed by atoms with Crippen LogP contribution < -0.4 is 4.57 Å². The van der Waals surface area contributed by atoms with E-state index in [2.05, 4.69) is 9.36 Å². The van der Waals surface area contributed by atoms with Gasteiger partial charge in [0.05, 0.1) is 6.42 Å². The molecule has 0 aliphatic rings. The van der Waals surface area contributed by atoms with Crippen molar-refractivity contribution in [3.8, 4) is 10.6 Å². The van der Waals surface area contributed by atoms with Gasteiger partial charge >= 0.3 is 0 Å². The molecule has 0 aliphatic carbocycles. The molecule has 0 amide bonds. The minimum atomic E-state index is -0.319. The molecule has 2 rings (SSSR count). The van der Waals surface area contributed by atoms with Crippen LogP contribution in [0.15, 0.2) is 30.9 Å². The second-order valence-corrected chi connectivity index (χ2v) is 4.38. The molecule has 0 atom stereocenters. The van der Waals surface area contributed by atoms with E-state index in [-0.39, 0.29) is 5.24 Å². The Morgan fingerprint density at radius 2 is 2.19 bits per heavy atom. The molecule has 0 bridgehead atoms. The first-order valence-electron chi connectivity index (χ1n) is 4.70. The van der Waals surface area contributed by atoms with E-state index in [9.17, 15) is 4.79 Å². The standard InChI is InChI=1S/C10H9ClN3OS/c11-9(15)3-6-14-4-1-8(2-5-14)10-12-7-13-16-10/h1-2,4-5,7H,3,6H2/q+1. The van der Waals surface area contributed by atoms with Crippen molar-refractivity contribution in [3.63, 3.8) is 0 Å². The van der Waals surface area contributed by atoms with Crippen LogP contribution in [0.3, 0.4) is 0 Å². The fourth-order valence-electron chi connectivity index (χ4n) is 1.27. The first kappa shape index (κ1) is 11.2. The third-order valence-corrected chi connectivity index (χ3v) is 2.97. The average Bonchev–Trinajstić information content (AvgIpc) is 2.80. The van der Waals surface area contributed by atoms with Gasteiger partial charge in [0.25, 0.3) is 0 Å². The zero-order chi connectivity index (χ0) is 11.4. The van der Waals surface area contributed by atoms with Gasteiger partial charge in [0.15, 0.2) is 18.9 Å². The number of hydrogen-bond donors (Lipinski definition) is 0. The summed E-state index contributed by atoms with van der Waals surface area (Å²) in [5.41, 5.74) is 1.02. The summed E-state index contributed by atoms with van der Waals surface area (Å²) in [4.78, 5) is 14.7. The van der Waals surface area contributed by atoms with Crippen molar-refractivity contribution in [2.24, 2.45) is 0 Å². The van der Waals surface area contributed by atoms with Crippen LogP contribution in [0.5, 0.6) is 0 Å². The maximum Gasteiger partial charge on any atom is 0.227 e.